The Balaban J connectivity index is 3.04. The Bertz CT molecular complexity index is 336. The fourth-order valence-electron chi connectivity index (χ4n) is 0.911. The van der Waals surface area contributed by atoms with Crippen molar-refractivity contribution in [3.63, 3.8) is 0 Å². The van der Waals surface area contributed by atoms with E-state index in [1.54, 1.807) is 6.92 Å². The molecule has 1 aromatic carbocycles. The van der Waals surface area contributed by atoms with Gasteiger partial charge in [0.05, 0.1) is 5.71 Å². The highest BCUT2D eigenvalue weighted by molar-refractivity contribution is 5.98. The minimum absolute atomic E-state index is 0.501. The van der Waals surface area contributed by atoms with Crippen LogP contribution in [0.2, 0.25) is 0 Å². The lowest BCUT2D eigenvalue weighted by molar-refractivity contribution is 0.213. The molecule has 0 aliphatic rings. The summed E-state index contributed by atoms with van der Waals surface area (Å²) in [7, 11) is 1.39. The van der Waals surface area contributed by atoms with Gasteiger partial charge in [-0.1, -0.05) is 5.16 Å². The molecule has 0 amide bonds. The molecule has 0 heterocycles. The summed E-state index contributed by atoms with van der Waals surface area (Å²) in [6, 6.07) is 3.57. The van der Waals surface area contributed by atoms with E-state index in [4.69, 9.17) is 0 Å². The summed E-state index contributed by atoms with van der Waals surface area (Å²) in [5.41, 5.74) is 1.00. The molecule has 0 radical (unpaired) electrons. The van der Waals surface area contributed by atoms with E-state index in [0.29, 0.717) is 11.3 Å². The van der Waals surface area contributed by atoms with E-state index in [1.807, 2.05) is 0 Å². The van der Waals surface area contributed by atoms with Crippen LogP contribution in [0.4, 0.5) is 8.78 Å². The maximum Gasteiger partial charge on any atom is 0.159 e. The summed E-state index contributed by atoms with van der Waals surface area (Å²) in [5.74, 6) is -1.75. The molecule has 70 valence electrons. The van der Waals surface area contributed by atoms with Crippen molar-refractivity contribution in [2.24, 2.45) is 5.16 Å². The highest BCUT2D eigenvalue weighted by Crippen LogP contribution is 2.09. The van der Waals surface area contributed by atoms with Gasteiger partial charge in [-0.05, 0) is 25.1 Å². The van der Waals surface area contributed by atoms with Gasteiger partial charge in [0, 0.05) is 5.56 Å². The zero-order valence-corrected chi connectivity index (χ0v) is 7.34. The Hall–Kier alpha value is -1.45. The Morgan fingerprint density at radius 3 is 2.54 bits per heavy atom. The second kappa shape index (κ2) is 3.98. The molecule has 0 aliphatic heterocycles. The van der Waals surface area contributed by atoms with Crippen LogP contribution in [0.3, 0.4) is 0 Å². The van der Waals surface area contributed by atoms with Gasteiger partial charge in [0.1, 0.15) is 7.11 Å². The number of benzene rings is 1. The van der Waals surface area contributed by atoms with Crippen molar-refractivity contribution in [1.82, 2.24) is 0 Å². The molecule has 0 aromatic heterocycles. The van der Waals surface area contributed by atoms with Crippen molar-refractivity contribution in [2.45, 2.75) is 6.92 Å². The van der Waals surface area contributed by atoms with E-state index in [2.05, 4.69) is 9.99 Å². The molecule has 0 aliphatic carbocycles. The Morgan fingerprint density at radius 1 is 1.31 bits per heavy atom. The quantitative estimate of drug-likeness (QED) is 0.512. The van der Waals surface area contributed by atoms with Gasteiger partial charge in [-0.25, -0.2) is 8.78 Å². The minimum atomic E-state index is -0.886. The zero-order valence-electron chi connectivity index (χ0n) is 7.34. The summed E-state index contributed by atoms with van der Waals surface area (Å²) in [6.45, 7) is 1.65. The third kappa shape index (κ3) is 2.24. The van der Waals surface area contributed by atoms with Crippen molar-refractivity contribution in [2.75, 3.05) is 7.11 Å². The normalized spacial score (nSPS) is 11.5. The third-order valence-corrected chi connectivity index (χ3v) is 1.57. The average Bonchev–Trinajstić information content (AvgIpc) is 2.10. The van der Waals surface area contributed by atoms with Crippen LogP contribution in [0, 0.1) is 11.6 Å². The standard InChI is InChI=1S/C9H9F2NO/c1-6(12-13-2)7-3-4-8(10)9(11)5-7/h3-5H,1-2H3/b12-6-. The Kier molecular flexibility index (Phi) is 2.95. The van der Waals surface area contributed by atoms with Crippen LogP contribution in [0.25, 0.3) is 0 Å². The largest absolute Gasteiger partial charge is 0.399 e. The van der Waals surface area contributed by atoms with E-state index in [0.717, 1.165) is 12.1 Å². The lowest BCUT2D eigenvalue weighted by Gasteiger charge is -1.99. The number of oxime groups is 1. The monoisotopic (exact) mass is 185 g/mol. The summed E-state index contributed by atoms with van der Waals surface area (Å²) in [6.07, 6.45) is 0. The molecule has 0 spiro atoms. The number of rotatable bonds is 2. The van der Waals surface area contributed by atoms with Crippen LogP contribution in [0.5, 0.6) is 0 Å². The van der Waals surface area contributed by atoms with Crippen LogP contribution in [-0.2, 0) is 4.84 Å². The van der Waals surface area contributed by atoms with Crippen molar-refractivity contribution in [3.8, 4) is 0 Å². The molecule has 0 bridgehead atoms. The highest BCUT2D eigenvalue weighted by atomic mass is 19.2. The SMILES string of the molecule is CO/N=C(/C)c1ccc(F)c(F)c1. The topological polar surface area (TPSA) is 21.6 Å². The first-order valence-corrected chi connectivity index (χ1v) is 3.68. The Labute approximate surface area is 74.8 Å². The summed E-state index contributed by atoms with van der Waals surface area (Å²) >= 11 is 0. The number of halogens is 2. The molecule has 1 aromatic rings. The van der Waals surface area contributed by atoms with Gasteiger partial charge in [-0.3, -0.25) is 0 Å². The fraction of sp³-hybridized carbons (Fsp3) is 0.222. The molecule has 2 nitrogen and oxygen atoms in total. The van der Waals surface area contributed by atoms with Crippen LogP contribution >= 0.6 is 0 Å². The molecule has 0 saturated carbocycles. The van der Waals surface area contributed by atoms with Gasteiger partial charge in [-0.2, -0.15) is 0 Å². The van der Waals surface area contributed by atoms with Crippen LogP contribution in [0.1, 0.15) is 12.5 Å². The van der Waals surface area contributed by atoms with Gasteiger partial charge in [0.15, 0.2) is 11.6 Å². The molecular formula is C9H9F2NO. The lowest BCUT2D eigenvalue weighted by Crippen LogP contribution is -1.97. The second-order valence-electron chi connectivity index (χ2n) is 2.49. The summed E-state index contributed by atoms with van der Waals surface area (Å²) in [4.78, 5) is 4.50. The maximum atomic E-state index is 12.7. The second-order valence-corrected chi connectivity index (χ2v) is 2.49. The predicted molar refractivity (Wildman–Crippen MR) is 45.6 cm³/mol. The maximum absolute atomic E-state index is 12.7. The van der Waals surface area contributed by atoms with E-state index in [-0.39, 0.29) is 0 Å². The molecule has 13 heavy (non-hydrogen) atoms. The van der Waals surface area contributed by atoms with Crippen LogP contribution in [0.15, 0.2) is 23.4 Å². The summed E-state index contributed by atoms with van der Waals surface area (Å²) < 4.78 is 25.2. The molecule has 0 N–H and O–H groups in total. The minimum Gasteiger partial charge on any atom is -0.399 e. The molecule has 1 rings (SSSR count). The van der Waals surface area contributed by atoms with Crippen molar-refractivity contribution < 1.29 is 13.6 Å². The summed E-state index contributed by atoms with van der Waals surface area (Å²) in [5, 5.41) is 3.59. The molecule has 0 saturated heterocycles. The van der Waals surface area contributed by atoms with Crippen LogP contribution in [-0.4, -0.2) is 12.8 Å². The van der Waals surface area contributed by atoms with Gasteiger partial charge in [-0.15, -0.1) is 0 Å². The van der Waals surface area contributed by atoms with Crippen LogP contribution < -0.4 is 0 Å². The first-order valence-electron chi connectivity index (χ1n) is 3.68. The first-order chi connectivity index (χ1) is 6.15. The molecule has 0 unspecified atom stereocenters. The van der Waals surface area contributed by atoms with Gasteiger partial charge in [0.25, 0.3) is 0 Å². The van der Waals surface area contributed by atoms with Gasteiger partial charge >= 0.3 is 0 Å². The van der Waals surface area contributed by atoms with Gasteiger partial charge < -0.3 is 4.84 Å². The molecule has 4 heteroatoms. The van der Waals surface area contributed by atoms with Crippen molar-refractivity contribution in [3.05, 3.63) is 35.4 Å². The van der Waals surface area contributed by atoms with Crippen molar-refractivity contribution in [1.29, 1.82) is 0 Å². The number of hydrogen-bond donors (Lipinski definition) is 0. The Morgan fingerprint density at radius 2 is 2.00 bits per heavy atom. The van der Waals surface area contributed by atoms with E-state index >= 15 is 0 Å². The van der Waals surface area contributed by atoms with Gasteiger partial charge in [0.2, 0.25) is 0 Å². The zero-order chi connectivity index (χ0) is 9.84. The highest BCUT2D eigenvalue weighted by Gasteiger charge is 2.04. The predicted octanol–water partition coefficient (Wildman–Crippen LogP) is 2.34. The molecular weight excluding hydrogens is 176 g/mol. The smallest absolute Gasteiger partial charge is 0.159 e. The molecule has 0 fully saturated rings. The number of hydrogen-bond acceptors (Lipinski definition) is 2. The molecule has 0 atom stereocenters. The van der Waals surface area contributed by atoms with E-state index in [1.165, 1.54) is 13.2 Å². The number of nitrogens with zero attached hydrogens (tertiary/aromatic N) is 1. The average molecular weight is 185 g/mol. The van der Waals surface area contributed by atoms with E-state index < -0.39 is 11.6 Å². The van der Waals surface area contributed by atoms with Crippen molar-refractivity contribution >= 4 is 5.71 Å². The lowest BCUT2D eigenvalue weighted by atomic mass is 10.1. The fourth-order valence-corrected chi connectivity index (χ4v) is 0.911. The third-order valence-electron chi connectivity index (χ3n) is 1.57. The van der Waals surface area contributed by atoms with E-state index in [9.17, 15) is 8.78 Å². The first kappa shape index (κ1) is 9.64.